The van der Waals surface area contributed by atoms with Gasteiger partial charge in [0.05, 0.1) is 0 Å². The lowest BCUT2D eigenvalue weighted by Crippen LogP contribution is -2.55. The monoisotopic (exact) mass is 270 g/mol. The minimum atomic E-state index is -0.438. The number of benzene rings is 1. The van der Waals surface area contributed by atoms with Gasteiger partial charge < -0.3 is 21.4 Å². The fourth-order valence-corrected chi connectivity index (χ4v) is 3.85. The quantitative estimate of drug-likeness (QED) is 0.628. The number of nitrogens with two attached hydrogens (primary N) is 1. The first kappa shape index (κ1) is 11.8. The van der Waals surface area contributed by atoms with E-state index < -0.39 is 6.03 Å². The highest BCUT2D eigenvalue weighted by atomic mass is 16.2. The van der Waals surface area contributed by atoms with Gasteiger partial charge in [-0.1, -0.05) is 12.1 Å². The second kappa shape index (κ2) is 4.24. The maximum atomic E-state index is 11.1. The number of aromatic amines is 1. The fourth-order valence-electron chi connectivity index (χ4n) is 3.85. The summed E-state index contributed by atoms with van der Waals surface area (Å²) in [5.41, 5.74) is 9.24. The average Bonchev–Trinajstić information content (AvgIpc) is 2.84. The van der Waals surface area contributed by atoms with Crippen LogP contribution in [-0.2, 0) is 6.42 Å². The lowest BCUT2D eigenvalue weighted by molar-refractivity contribution is 0.234. The highest BCUT2D eigenvalue weighted by molar-refractivity contribution is 5.88. The number of rotatable bonds is 1. The molecule has 0 saturated carbocycles. The Morgan fingerprint density at radius 3 is 3.15 bits per heavy atom. The van der Waals surface area contributed by atoms with Crippen LogP contribution in [0.3, 0.4) is 0 Å². The van der Waals surface area contributed by atoms with Crippen molar-refractivity contribution in [3.8, 4) is 0 Å². The van der Waals surface area contributed by atoms with E-state index in [1.807, 2.05) is 0 Å². The molecule has 0 radical (unpaired) electrons. The highest BCUT2D eigenvalue weighted by Crippen LogP contribution is 2.40. The molecule has 1 fully saturated rings. The summed E-state index contributed by atoms with van der Waals surface area (Å²) in [6, 6.07) is 6.57. The van der Waals surface area contributed by atoms with Crippen LogP contribution in [0.5, 0.6) is 0 Å². The van der Waals surface area contributed by atoms with E-state index in [4.69, 9.17) is 5.73 Å². The average molecular weight is 270 g/mol. The van der Waals surface area contributed by atoms with Crippen LogP contribution in [-0.4, -0.2) is 29.6 Å². The van der Waals surface area contributed by atoms with Crippen molar-refractivity contribution in [1.29, 1.82) is 0 Å². The number of carbonyl (C=O) groups excluding carboxylic acids is 1. The lowest BCUT2D eigenvalue weighted by atomic mass is 9.75. The first-order valence-electron chi connectivity index (χ1n) is 7.10. The predicted octanol–water partition coefficient (Wildman–Crippen LogP) is 1.21. The smallest absolute Gasteiger partial charge is 0.312 e. The molecule has 1 saturated heterocycles. The zero-order chi connectivity index (χ0) is 13.7. The molecule has 2 aromatic rings. The zero-order valence-corrected chi connectivity index (χ0v) is 11.1. The third-order valence-corrected chi connectivity index (χ3v) is 4.66. The van der Waals surface area contributed by atoms with Crippen molar-refractivity contribution in [2.24, 2.45) is 5.73 Å². The highest BCUT2D eigenvalue weighted by Gasteiger charge is 2.36. The number of primary amides is 1. The number of carbonyl (C=O) groups is 1. The third-order valence-electron chi connectivity index (χ3n) is 4.66. The van der Waals surface area contributed by atoms with Gasteiger partial charge in [0.2, 0.25) is 0 Å². The third kappa shape index (κ3) is 1.70. The van der Waals surface area contributed by atoms with Gasteiger partial charge in [-0.2, -0.15) is 0 Å². The van der Waals surface area contributed by atoms with Crippen molar-refractivity contribution in [3.63, 3.8) is 0 Å². The Kier molecular flexibility index (Phi) is 2.50. The number of urea groups is 1. The molecule has 1 aliphatic carbocycles. The van der Waals surface area contributed by atoms with Crippen LogP contribution in [0.2, 0.25) is 0 Å². The molecule has 0 spiro atoms. The summed E-state index contributed by atoms with van der Waals surface area (Å²) in [4.78, 5) is 14.4. The number of hydrogen-bond donors (Lipinski definition) is 4. The number of H-pyrrole nitrogens is 1. The molecule has 1 aromatic carbocycles. The number of nitrogens with one attached hydrogen (secondary N) is 3. The van der Waals surface area contributed by atoms with Crippen LogP contribution >= 0.6 is 0 Å². The summed E-state index contributed by atoms with van der Waals surface area (Å²) in [6.45, 7) is 0.792. The number of amides is 2. The summed E-state index contributed by atoms with van der Waals surface area (Å²) in [6.07, 6.45) is 4.12. The second-order valence-corrected chi connectivity index (χ2v) is 5.85. The Morgan fingerprint density at radius 2 is 2.30 bits per heavy atom. The number of fused-ring (bicyclic) bond motifs is 2. The van der Waals surface area contributed by atoms with Crippen LogP contribution in [0.4, 0.5) is 4.79 Å². The van der Waals surface area contributed by atoms with Gasteiger partial charge >= 0.3 is 6.03 Å². The first-order chi connectivity index (χ1) is 9.72. The summed E-state index contributed by atoms with van der Waals surface area (Å²) in [7, 11) is 0. The van der Waals surface area contributed by atoms with Crippen molar-refractivity contribution < 1.29 is 4.79 Å². The van der Waals surface area contributed by atoms with E-state index in [0.717, 1.165) is 19.4 Å². The molecule has 2 aliphatic rings. The molecule has 5 heteroatoms. The summed E-state index contributed by atoms with van der Waals surface area (Å²) < 4.78 is 0. The Morgan fingerprint density at radius 1 is 1.40 bits per heavy atom. The lowest BCUT2D eigenvalue weighted by Gasteiger charge is -2.40. The summed E-state index contributed by atoms with van der Waals surface area (Å²) >= 11 is 0. The fraction of sp³-hybridized carbons (Fsp3) is 0.400. The second-order valence-electron chi connectivity index (χ2n) is 5.85. The molecule has 0 bridgehead atoms. The van der Waals surface area contributed by atoms with Gasteiger partial charge in [0.25, 0.3) is 0 Å². The van der Waals surface area contributed by atoms with Crippen molar-refractivity contribution in [2.45, 2.75) is 30.8 Å². The van der Waals surface area contributed by atoms with E-state index >= 15 is 0 Å². The van der Waals surface area contributed by atoms with Gasteiger partial charge in [-0.3, -0.25) is 0 Å². The maximum Gasteiger partial charge on any atom is 0.312 e. The number of piperidine rings is 1. The minimum absolute atomic E-state index is 0.115. The molecular weight excluding hydrogens is 252 g/mol. The normalized spacial score (nSPS) is 28.1. The molecule has 1 aromatic heterocycles. The standard InChI is InChI=1S/C15H18N4O/c16-15(20)19-9-5-11-10-2-1-3-12-14(10)8(6-17-12)4-13(11)18-7-9/h1-3,6,9,11,13,17-18H,4-5,7H2,(H3,16,19,20)/t9?,11?,13-/m1/s1. The molecule has 5 N–H and O–H groups in total. The van der Waals surface area contributed by atoms with Crippen LogP contribution < -0.4 is 16.4 Å². The van der Waals surface area contributed by atoms with Crippen molar-refractivity contribution in [3.05, 3.63) is 35.5 Å². The zero-order valence-electron chi connectivity index (χ0n) is 11.1. The molecule has 104 valence electrons. The number of hydrogen-bond acceptors (Lipinski definition) is 2. The van der Waals surface area contributed by atoms with Gasteiger partial charge in [0.15, 0.2) is 0 Å². The largest absolute Gasteiger partial charge is 0.361 e. The van der Waals surface area contributed by atoms with Gasteiger partial charge in [-0.05, 0) is 30.0 Å². The van der Waals surface area contributed by atoms with Crippen molar-refractivity contribution >= 4 is 16.9 Å². The predicted molar refractivity (Wildman–Crippen MR) is 77.7 cm³/mol. The van der Waals surface area contributed by atoms with Crippen LogP contribution in [0.25, 0.3) is 10.9 Å². The van der Waals surface area contributed by atoms with Crippen LogP contribution in [0.1, 0.15) is 23.5 Å². The molecule has 2 amide bonds. The summed E-state index contributed by atoms with van der Waals surface area (Å²) in [5.74, 6) is 0.438. The minimum Gasteiger partial charge on any atom is -0.361 e. The molecule has 3 atom stereocenters. The van der Waals surface area contributed by atoms with Gasteiger partial charge in [0.1, 0.15) is 0 Å². The molecule has 4 rings (SSSR count). The van der Waals surface area contributed by atoms with E-state index in [-0.39, 0.29) is 6.04 Å². The molecule has 1 aliphatic heterocycles. The van der Waals surface area contributed by atoms with E-state index in [9.17, 15) is 4.79 Å². The Labute approximate surface area is 116 Å². The summed E-state index contributed by atoms with van der Waals surface area (Å²) in [5, 5.41) is 7.77. The Balaban J connectivity index is 1.73. The van der Waals surface area contributed by atoms with Crippen molar-refractivity contribution in [1.82, 2.24) is 15.6 Å². The Bertz CT molecular complexity index is 678. The van der Waals surface area contributed by atoms with Gasteiger partial charge in [0, 0.05) is 41.6 Å². The van der Waals surface area contributed by atoms with Crippen molar-refractivity contribution in [2.75, 3.05) is 6.54 Å². The molecule has 2 heterocycles. The SMILES string of the molecule is NC(=O)NC1CN[C@@H]2Cc3c[nH]c4cccc(c34)C2C1. The molecule has 20 heavy (non-hydrogen) atoms. The van der Waals surface area contributed by atoms with E-state index in [2.05, 4.69) is 40.0 Å². The molecular formula is C15H18N4O. The van der Waals surface area contributed by atoms with Crippen LogP contribution in [0, 0.1) is 0 Å². The van der Waals surface area contributed by atoms with E-state index in [0.29, 0.717) is 12.0 Å². The number of aromatic nitrogens is 1. The molecule has 5 nitrogen and oxygen atoms in total. The Hall–Kier alpha value is -2.01. The van der Waals surface area contributed by atoms with Gasteiger partial charge in [-0.15, -0.1) is 0 Å². The first-order valence-corrected chi connectivity index (χ1v) is 7.10. The maximum absolute atomic E-state index is 11.1. The van der Waals surface area contributed by atoms with E-state index in [1.54, 1.807) is 0 Å². The van der Waals surface area contributed by atoms with Gasteiger partial charge in [-0.25, -0.2) is 4.79 Å². The van der Waals surface area contributed by atoms with E-state index in [1.165, 1.54) is 22.0 Å². The molecule has 2 unspecified atom stereocenters. The van der Waals surface area contributed by atoms with Crippen LogP contribution in [0.15, 0.2) is 24.4 Å². The topological polar surface area (TPSA) is 82.9 Å².